The fourth-order valence-corrected chi connectivity index (χ4v) is 4.56. The third-order valence-corrected chi connectivity index (χ3v) is 6.61. The van der Waals surface area contributed by atoms with Gasteiger partial charge in [0, 0.05) is 17.1 Å². The van der Waals surface area contributed by atoms with Crippen LogP contribution in [0.3, 0.4) is 0 Å². The van der Waals surface area contributed by atoms with Crippen molar-refractivity contribution in [1.82, 2.24) is 10.2 Å². The van der Waals surface area contributed by atoms with E-state index < -0.39 is 46.2 Å². The van der Waals surface area contributed by atoms with Crippen LogP contribution >= 0.6 is 15.9 Å². The average molecular weight is 578 g/mol. The van der Waals surface area contributed by atoms with E-state index in [1.807, 2.05) is 0 Å². The highest BCUT2D eigenvalue weighted by Crippen LogP contribution is 2.32. The monoisotopic (exact) mass is 577 g/mol. The van der Waals surface area contributed by atoms with Gasteiger partial charge in [-0.15, -0.1) is 0 Å². The Bertz CT molecular complexity index is 1170. The highest BCUT2D eigenvalue weighted by atomic mass is 79.9. The maximum atomic E-state index is 13.4. The molecule has 2 rings (SSSR count). The van der Waals surface area contributed by atoms with Gasteiger partial charge < -0.3 is 10.2 Å². The van der Waals surface area contributed by atoms with E-state index in [2.05, 4.69) is 21.2 Å². The SMILES string of the molecule is CC(C)NC(=O)[C@@H](C)N(Cc1cccc(Br)c1)C(=O)CN(c1cccc(C(F)(F)F)c1)S(C)(=O)=O. The minimum absolute atomic E-state index is 0.0227. The molecule has 0 unspecified atom stereocenters. The van der Waals surface area contributed by atoms with Gasteiger partial charge in [0.1, 0.15) is 12.6 Å². The Morgan fingerprint density at radius 1 is 1.06 bits per heavy atom. The fraction of sp³-hybridized carbons (Fsp3) is 0.391. The van der Waals surface area contributed by atoms with E-state index in [1.54, 1.807) is 38.1 Å². The number of amides is 2. The summed E-state index contributed by atoms with van der Waals surface area (Å²) in [6, 6.07) is 9.54. The minimum atomic E-state index is -4.70. The Kier molecular flexibility index (Phi) is 9.35. The van der Waals surface area contributed by atoms with Crippen molar-refractivity contribution in [1.29, 1.82) is 0 Å². The second kappa shape index (κ2) is 11.4. The maximum Gasteiger partial charge on any atom is 0.416 e. The molecule has 0 bridgehead atoms. The summed E-state index contributed by atoms with van der Waals surface area (Å²) in [4.78, 5) is 27.3. The Morgan fingerprint density at radius 3 is 2.23 bits per heavy atom. The van der Waals surface area contributed by atoms with Gasteiger partial charge >= 0.3 is 6.18 Å². The van der Waals surface area contributed by atoms with Crippen LogP contribution in [-0.4, -0.2) is 50.0 Å². The molecule has 0 heterocycles. The van der Waals surface area contributed by atoms with Gasteiger partial charge in [0.15, 0.2) is 0 Å². The zero-order chi connectivity index (χ0) is 26.6. The van der Waals surface area contributed by atoms with E-state index in [9.17, 15) is 31.2 Å². The molecule has 192 valence electrons. The number of carbonyl (C=O) groups excluding carboxylic acids is 2. The lowest BCUT2D eigenvalue weighted by atomic mass is 10.1. The summed E-state index contributed by atoms with van der Waals surface area (Å²) in [6.07, 6.45) is -3.90. The van der Waals surface area contributed by atoms with Crippen molar-refractivity contribution in [2.24, 2.45) is 0 Å². The zero-order valence-corrected chi connectivity index (χ0v) is 22.0. The van der Waals surface area contributed by atoms with Crippen molar-refractivity contribution in [2.75, 3.05) is 17.1 Å². The molecule has 1 atom stereocenters. The zero-order valence-electron chi connectivity index (χ0n) is 19.6. The van der Waals surface area contributed by atoms with Gasteiger partial charge in [0.05, 0.1) is 17.5 Å². The average Bonchev–Trinajstić information content (AvgIpc) is 2.73. The summed E-state index contributed by atoms with van der Waals surface area (Å²) in [7, 11) is -4.14. The highest BCUT2D eigenvalue weighted by molar-refractivity contribution is 9.10. The molecule has 0 aliphatic heterocycles. The van der Waals surface area contributed by atoms with E-state index in [0.29, 0.717) is 15.9 Å². The van der Waals surface area contributed by atoms with Crippen molar-refractivity contribution in [3.63, 3.8) is 0 Å². The molecule has 0 saturated heterocycles. The third-order valence-electron chi connectivity index (χ3n) is 4.98. The molecular weight excluding hydrogens is 551 g/mol. The molecule has 0 aliphatic rings. The van der Waals surface area contributed by atoms with Crippen molar-refractivity contribution < 1.29 is 31.2 Å². The second-order valence-corrected chi connectivity index (χ2v) is 11.1. The molecule has 12 heteroatoms. The lowest BCUT2D eigenvalue weighted by molar-refractivity contribution is -0.139. The Balaban J connectivity index is 2.45. The van der Waals surface area contributed by atoms with Gasteiger partial charge in [-0.25, -0.2) is 8.42 Å². The number of alkyl halides is 3. The van der Waals surface area contributed by atoms with Gasteiger partial charge in [-0.3, -0.25) is 13.9 Å². The molecule has 0 spiro atoms. The van der Waals surface area contributed by atoms with Crippen LogP contribution in [0.1, 0.15) is 31.9 Å². The number of benzene rings is 2. The molecule has 0 saturated carbocycles. The normalized spacial score (nSPS) is 12.8. The number of nitrogens with zero attached hydrogens (tertiary/aromatic N) is 2. The minimum Gasteiger partial charge on any atom is -0.352 e. The predicted molar refractivity (Wildman–Crippen MR) is 131 cm³/mol. The van der Waals surface area contributed by atoms with E-state index in [0.717, 1.165) is 22.9 Å². The summed E-state index contributed by atoms with van der Waals surface area (Å²) in [5.41, 5.74) is -0.689. The highest BCUT2D eigenvalue weighted by Gasteiger charge is 2.33. The Morgan fingerprint density at radius 2 is 1.69 bits per heavy atom. The van der Waals surface area contributed by atoms with Crippen molar-refractivity contribution in [3.8, 4) is 0 Å². The number of anilines is 1. The standard InChI is InChI=1S/C23H27BrF3N3O4S/c1-15(2)28-22(32)16(3)29(13-17-7-5-9-19(24)11-17)21(31)14-30(35(4,33)34)20-10-6-8-18(12-20)23(25,26)27/h5-12,15-16H,13-14H2,1-4H3,(H,28,32)/t16-/m1/s1. The first kappa shape index (κ1) is 28.6. The number of rotatable bonds is 9. The van der Waals surface area contributed by atoms with Crippen molar-refractivity contribution >= 4 is 43.5 Å². The van der Waals surface area contributed by atoms with E-state index >= 15 is 0 Å². The van der Waals surface area contributed by atoms with Crippen molar-refractivity contribution in [3.05, 3.63) is 64.1 Å². The molecular formula is C23H27BrF3N3O4S. The van der Waals surface area contributed by atoms with E-state index in [-0.39, 0.29) is 18.3 Å². The smallest absolute Gasteiger partial charge is 0.352 e. The molecule has 2 aromatic carbocycles. The van der Waals surface area contributed by atoms with E-state index in [1.165, 1.54) is 17.9 Å². The van der Waals surface area contributed by atoms with Crippen LogP contribution in [0.25, 0.3) is 0 Å². The van der Waals surface area contributed by atoms with Gasteiger partial charge in [0.2, 0.25) is 21.8 Å². The van der Waals surface area contributed by atoms with Crippen LogP contribution < -0.4 is 9.62 Å². The van der Waals surface area contributed by atoms with Crippen LogP contribution in [0.5, 0.6) is 0 Å². The number of sulfonamides is 1. The first-order chi connectivity index (χ1) is 16.1. The first-order valence-corrected chi connectivity index (χ1v) is 13.2. The molecule has 1 N–H and O–H groups in total. The number of carbonyl (C=O) groups is 2. The first-order valence-electron chi connectivity index (χ1n) is 10.6. The molecule has 7 nitrogen and oxygen atoms in total. The Hall–Kier alpha value is -2.60. The van der Waals surface area contributed by atoms with Crippen LogP contribution in [-0.2, 0) is 32.3 Å². The van der Waals surface area contributed by atoms with Crippen LogP contribution in [0.4, 0.5) is 18.9 Å². The summed E-state index contributed by atoms with van der Waals surface area (Å²) >= 11 is 3.35. The van der Waals surface area contributed by atoms with Gasteiger partial charge in [0.25, 0.3) is 0 Å². The predicted octanol–water partition coefficient (Wildman–Crippen LogP) is 4.18. The summed E-state index contributed by atoms with van der Waals surface area (Å²) in [6.45, 7) is 4.20. The van der Waals surface area contributed by atoms with Crippen molar-refractivity contribution in [2.45, 2.75) is 45.6 Å². The quantitative estimate of drug-likeness (QED) is 0.484. The van der Waals surface area contributed by atoms with Crippen LogP contribution in [0, 0.1) is 0 Å². The van der Waals surface area contributed by atoms with Gasteiger partial charge in [-0.05, 0) is 56.7 Å². The lowest BCUT2D eigenvalue weighted by Crippen LogP contribution is -2.52. The third kappa shape index (κ3) is 8.24. The van der Waals surface area contributed by atoms with Gasteiger partial charge in [-0.2, -0.15) is 13.2 Å². The lowest BCUT2D eigenvalue weighted by Gasteiger charge is -2.32. The Labute approximate surface area is 211 Å². The van der Waals surface area contributed by atoms with E-state index in [4.69, 9.17) is 0 Å². The summed E-state index contributed by atoms with van der Waals surface area (Å²) in [5, 5.41) is 2.72. The van der Waals surface area contributed by atoms with Crippen LogP contribution in [0.2, 0.25) is 0 Å². The summed E-state index contributed by atoms with van der Waals surface area (Å²) in [5.74, 6) is -1.20. The molecule has 2 amide bonds. The topological polar surface area (TPSA) is 86.8 Å². The van der Waals surface area contributed by atoms with Gasteiger partial charge in [-0.1, -0.05) is 34.1 Å². The molecule has 0 radical (unpaired) electrons. The fourth-order valence-electron chi connectivity index (χ4n) is 3.27. The number of hydrogen-bond acceptors (Lipinski definition) is 4. The molecule has 0 aliphatic carbocycles. The second-order valence-electron chi connectivity index (χ2n) is 8.31. The largest absolute Gasteiger partial charge is 0.416 e. The molecule has 35 heavy (non-hydrogen) atoms. The summed E-state index contributed by atoms with van der Waals surface area (Å²) < 4.78 is 65.9. The number of nitrogens with one attached hydrogen (secondary N) is 1. The maximum absolute atomic E-state index is 13.4. The molecule has 2 aromatic rings. The number of hydrogen-bond donors (Lipinski definition) is 1. The number of halogens is 4. The van der Waals surface area contributed by atoms with Crippen LogP contribution in [0.15, 0.2) is 53.0 Å². The molecule has 0 fully saturated rings. The molecule has 0 aromatic heterocycles.